The van der Waals surface area contributed by atoms with E-state index < -0.39 is 10.0 Å². The third-order valence-corrected chi connectivity index (χ3v) is 8.71. The lowest BCUT2D eigenvalue weighted by Gasteiger charge is -2.18. The Balaban J connectivity index is 1.55. The first-order chi connectivity index (χ1) is 14.4. The average molecular weight is 443 g/mol. The van der Waals surface area contributed by atoms with E-state index in [1.807, 2.05) is 29.6 Å². The maximum atomic E-state index is 13.4. The second kappa shape index (κ2) is 7.00. The predicted molar refractivity (Wildman–Crippen MR) is 116 cm³/mol. The molecule has 0 spiro atoms. The van der Waals surface area contributed by atoms with Gasteiger partial charge in [-0.05, 0) is 43.8 Å². The van der Waals surface area contributed by atoms with Gasteiger partial charge in [0.25, 0.3) is 0 Å². The summed E-state index contributed by atoms with van der Waals surface area (Å²) in [5.41, 5.74) is 2.80. The van der Waals surface area contributed by atoms with E-state index in [4.69, 9.17) is 4.98 Å². The van der Waals surface area contributed by atoms with Gasteiger partial charge in [-0.25, -0.2) is 18.4 Å². The van der Waals surface area contributed by atoms with Crippen LogP contribution in [-0.2, 0) is 17.1 Å². The Bertz CT molecular complexity index is 1340. The molecule has 8 nitrogen and oxygen atoms in total. The van der Waals surface area contributed by atoms with Crippen LogP contribution in [0, 0.1) is 13.8 Å². The second-order valence-corrected chi connectivity index (χ2v) is 10.4. The van der Waals surface area contributed by atoms with Crippen LogP contribution in [0.5, 0.6) is 0 Å². The molecular formula is C20H22N6O2S2. The van der Waals surface area contributed by atoms with Crippen LogP contribution < -0.4 is 0 Å². The summed E-state index contributed by atoms with van der Waals surface area (Å²) in [6, 6.07) is 7.82. The Hall–Kier alpha value is -2.56. The van der Waals surface area contributed by atoms with Crippen LogP contribution in [0.1, 0.15) is 23.9 Å². The Morgan fingerprint density at radius 2 is 2.03 bits per heavy atom. The smallest absolute Gasteiger partial charge is 0.246 e. The number of hydrogen-bond acceptors (Lipinski definition) is 6. The number of fused-ring (bicyclic) bond motifs is 1. The molecule has 0 bridgehead atoms. The van der Waals surface area contributed by atoms with Gasteiger partial charge >= 0.3 is 0 Å². The van der Waals surface area contributed by atoms with Crippen LogP contribution in [0.4, 0.5) is 0 Å². The number of imidazole rings is 1. The highest BCUT2D eigenvalue weighted by molar-refractivity contribution is 7.89. The molecular weight excluding hydrogens is 420 g/mol. The standard InChI is InChI=1S/C20H22N6O2S2/c1-13-18(14(2)24(3)23-13)30(27,28)25-10-8-15(12-25)26-19-16(6-4-9-21-19)22-20(26)17-7-5-11-29-17/h4-7,9,11,15H,8,10,12H2,1-3H3/t15-/m1/s1. The lowest BCUT2D eigenvalue weighted by atomic mass is 10.2. The van der Waals surface area contributed by atoms with Crippen LogP contribution in [0.25, 0.3) is 21.9 Å². The molecule has 0 radical (unpaired) electrons. The van der Waals surface area contributed by atoms with Gasteiger partial charge in [-0.3, -0.25) is 4.68 Å². The molecule has 5 rings (SSSR count). The molecule has 0 unspecified atom stereocenters. The van der Waals surface area contributed by atoms with Gasteiger partial charge in [0.2, 0.25) is 10.0 Å². The van der Waals surface area contributed by atoms with Crippen LogP contribution >= 0.6 is 11.3 Å². The largest absolute Gasteiger partial charge is 0.304 e. The Morgan fingerprint density at radius 1 is 1.20 bits per heavy atom. The fourth-order valence-electron chi connectivity index (χ4n) is 4.25. The van der Waals surface area contributed by atoms with Gasteiger partial charge in [-0.1, -0.05) is 6.07 Å². The summed E-state index contributed by atoms with van der Waals surface area (Å²) >= 11 is 1.62. The molecule has 0 aromatic carbocycles. The maximum Gasteiger partial charge on any atom is 0.246 e. The van der Waals surface area contributed by atoms with E-state index in [2.05, 4.69) is 14.6 Å². The van der Waals surface area contributed by atoms with Crippen molar-refractivity contribution in [2.75, 3.05) is 13.1 Å². The van der Waals surface area contributed by atoms with Crippen molar-refractivity contribution in [3.8, 4) is 10.7 Å². The quantitative estimate of drug-likeness (QED) is 0.485. The van der Waals surface area contributed by atoms with Gasteiger partial charge in [0.15, 0.2) is 11.5 Å². The van der Waals surface area contributed by atoms with E-state index in [0.717, 1.165) is 21.9 Å². The van der Waals surface area contributed by atoms with Crippen molar-refractivity contribution in [2.45, 2.75) is 31.2 Å². The van der Waals surface area contributed by atoms with Crippen molar-refractivity contribution in [1.82, 2.24) is 28.6 Å². The molecule has 0 saturated carbocycles. The fourth-order valence-corrected chi connectivity index (χ4v) is 6.85. The molecule has 156 valence electrons. The first-order valence-electron chi connectivity index (χ1n) is 9.75. The van der Waals surface area contributed by atoms with E-state index in [1.165, 1.54) is 0 Å². The minimum atomic E-state index is -3.62. The van der Waals surface area contributed by atoms with E-state index >= 15 is 0 Å². The van der Waals surface area contributed by atoms with E-state index in [1.54, 1.807) is 47.4 Å². The lowest BCUT2D eigenvalue weighted by Crippen LogP contribution is -2.30. The summed E-state index contributed by atoms with van der Waals surface area (Å²) in [6.45, 7) is 4.38. The van der Waals surface area contributed by atoms with Crippen LogP contribution in [-0.4, -0.2) is 50.1 Å². The molecule has 0 amide bonds. The maximum absolute atomic E-state index is 13.4. The lowest BCUT2D eigenvalue weighted by molar-refractivity contribution is 0.454. The number of rotatable bonds is 4. The SMILES string of the molecule is Cc1nn(C)c(C)c1S(=O)(=O)N1CC[C@@H](n2c(-c3cccs3)nc3cccnc32)C1. The number of nitrogens with zero attached hydrogens (tertiary/aromatic N) is 6. The summed E-state index contributed by atoms with van der Waals surface area (Å²) in [7, 11) is -1.86. The molecule has 0 aliphatic carbocycles. The zero-order valence-corrected chi connectivity index (χ0v) is 18.6. The highest BCUT2D eigenvalue weighted by Crippen LogP contribution is 2.36. The van der Waals surface area contributed by atoms with E-state index in [-0.39, 0.29) is 6.04 Å². The Morgan fingerprint density at radius 3 is 2.73 bits per heavy atom. The van der Waals surface area contributed by atoms with Crippen molar-refractivity contribution < 1.29 is 8.42 Å². The van der Waals surface area contributed by atoms with Gasteiger partial charge in [-0.2, -0.15) is 9.40 Å². The number of sulfonamides is 1. The minimum Gasteiger partial charge on any atom is -0.304 e. The topological polar surface area (TPSA) is 85.9 Å². The van der Waals surface area contributed by atoms with Gasteiger partial charge in [0.1, 0.15) is 10.4 Å². The third-order valence-electron chi connectivity index (χ3n) is 5.72. The summed E-state index contributed by atoms with van der Waals surface area (Å²) < 4.78 is 32.1. The monoisotopic (exact) mass is 442 g/mol. The summed E-state index contributed by atoms with van der Waals surface area (Å²) in [5, 5.41) is 6.31. The van der Waals surface area contributed by atoms with Gasteiger partial charge in [0.05, 0.1) is 22.3 Å². The minimum absolute atomic E-state index is 0.0333. The van der Waals surface area contributed by atoms with Crippen molar-refractivity contribution in [3.05, 3.63) is 47.2 Å². The van der Waals surface area contributed by atoms with Crippen molar-refractivity contribution >= 4 is 32.5 Å². The van der Waals surface area contributed by atoms with Crippen LogP contribution in [0.3, 0.4) is 0 Å². The Labute approximate surface area is 178 Å². The number of aromatic nitrogens is 5. The highest BCUT2D eigenvalue weighted by Gasteiger charge is 2.38. The number of aryl methyl sites for hydroxylation is 2. The number of hydrogen-bond donors (Lipinski definition) is 0. The Kier molecular flexibility index (Phi) is 4.53. The number of pyridine rings is 1. The molecule has 4 aromatic heterocycles. The molecule has 10 heteroatoms. The molecule has 1 atom stereocenters. The molecule has 1 aliphatic rings. The van der Waals surface area contributed by atoms with Gasteiger partial charge in [0, 0.05) is 26.3 Å². The molecule has 5 heterocycles. The van der Waals surface area contributed by atoms with Crippen molar-refractivity contribution in [2.24, 2.45) is 7.05 Å². The predicted octanol–water partition coefficient (Wildman–Crippen LogP) is 3.15. The third kappa shape index (κ3) is 2.90. The molecule has 1 fully saturated rings. The summed E-state index contributed by atoms with van der Waals surface area (Å²) in [5.74, 6) is 0.844. The van der Waals surface area contributed by atoms with Crippen LogP contribution in [0.15, 0.2) is 40.7 Å². The molecule has 30 heavy (non-hydrogen) atoms. The van der Waals surface area contributed by atoms with Gasteiger partial charge in [-0.15, -0.1) is 11.3 Å². The molecule has 0 N–H and O–H groups in total. The van der Waals surface area contributed by atoms with Crippen molar-refractivity contribution in [3.63, 3.8) is 0 Å². The summed E-state index contributed by atoms with van der Waals surface area (Å²) in [6.07, 6.45) is 2.46. The summed E-state index contributed by atoms with van der Waals surface area (Å²) in [4.78, 5) is 10.7. The molecule has 1 saturated heterocycles. The highest BCUT2D eigenvalue weighted by atomic mass is 32.2. The first kappa shape index (κ1) is 19.4. The van der Waals surface area contributed by atoms with Gasteiger partial charge < -0.3 is 4.57 Å². The zero-order valence-electron chi connectivity index (χ0n) is 17.0. The second-order valence-electron chi connectivity index (χ2n) is 7.56. The fraction of sp³-hybridized carbons (Fsp3) is 0.350. The zero-order chi connectivity index (χ0) is 21.0. The number of thiophene rings is 1. The first-order valence-corrected chi connectivity index (χ1v) is 12.1. The molecule has 1 aliphatic heterocycles. The van der Waals surface area contributed by atoms with E-state index in [9.17, 15) is 8.42 Å². The molecule has 4 aromatic rings. The average Bonchev–Trinajstić information content (AvgIpc) is 3.47. The normalized spacial score (nSPS) is 17.9. The van der Waals surface area contributed by atoms with Crippen molar-refractivity contribution in [1.29, 1.82) is 0 Å². The van der Waals surface area contributed by atoms with E-state index in [0.29, 0.717) is 35.8 Å². The van der Waals surface area contributed by atoms with Crippen LogP contribution in [0.2, 0.25) is 0 Å².